The third-order valence-corrected chi connectivity index (χ3v) is 4.24. The van der Waals surface area contributed by atoms with E-state index < -0.39 is 6.09 Å². The van der Waals surface area contributed by atoms with Gasteiger partial charge in [0.05, 0.1) is 11.7 Å². The standard InChI is InChI=1S/C21H19NO3/c1-2-18(13-14-20(23)17-11-7-4-8-12-17)22-19(15-25-21(22)24)16-9-5-3-6-10-16/h3-12,19H,1,13-15H2/t19-/m0/s1. The Hall–Kier alpha value is -3.10. The molecule has 1 atom stereocenters. The molecule has 1 fully saturated rings. The Kier molecular flexibility index (Phi) is 5.12. The number of carbonyl (C=O) groups is 2. The molecular weight excluding hydrogens is 314 g/mol. The normalized spacial score (nSPS) is 16.2. The molecule has 0 bridgehead atoms. The number of rotatable bonds is 6. The van der Waals surface area contributed by atoms with E-state index in [4.69, 9.17) is 4.74 Å². The van der Waals surface area contributed by atoms with Gasteiger partial charge in [0, 0.05) is 18.4 Å². The molecule has 1 heterocycles. The number of Topliss-reactive ketones (excluding diaryl/α,β-unsaturated/α-hetero) is 1. The number of amides is 1. The van der Waals surface area contributed by atoms with Crippen LogP contribution in [-0.4, -0.2) is 23.4 Å². The van der Waals surface area contributed by atoms with Gasteiger partial charge in [0.15, 0.2) is 5.78 Å². The van der Waals surface area contributed by atoms with Crippen LogP contribution in [0.4, 0.5) is 4.79 Å². The zero-order valence-corrected chi connectivity index (χ0v) is 13.9. The van der Waals surface area contributed by atoms with E-state index in [1.54, 1.807) is 17.0 Å². The molecule has 1 amide bonds. The highest BCUT2D eigenvalue weighted by atomic mass is 16.6. The van der Waals surface area contributed by atoms with Gasteiger partial charge < -0.3 is 4.74 Å². The van der Waals surface area contributed by atoms with Crippen LogP contribution in [-0.2, 0) is 4.74 Å². The smallest absolute Gasteiger partial charge is 0.415 e. The number of nitrogens with zero attached hydrogens (tertiary/aromatic N) is 1. The van der Waals surface area contributed by atoms with E-state index in [-0.39, 0.29) is 24.9 Å². The summed E-state index contributed by atoms with van der Waals surface area (Å²) in [5, 5.41) is 0. The van der Waals surface area contributed by atoms with Crippen LogP contribution in [0.15, 0.2) is 78.7 Å². The van der Waals surface area contributed by atoms with E-state index in [2.05, 4.69) is 12.3 Å². The quantitative estimate of drug-likeness (QED) is 0.577. The highest BCUT2D eigenvalue weighted by Gasteiger charge is 2.36. The molecule has 1 aliphatic heterocycles. The molecule has 3 rings (SSSR count). The lowest BCUT2D eigenvalue weighted by Gasteiger charge is -2.23. The van der Waals surface area contributed by atoms with Crippen LogP contribution in [0.2, 0.25) is 0 Å². The third-order valence-electron chi connectivity index (χ3n) is 4.24. The summed E-state index contributed by atoms with van der Waals surface area (Å²) in [6, 6.07) is 18.6. The molecule has 2 aromatic carbocycles. The molecule has 126 valence electrons. The van der Waals surface area contributed by atoms with Crippen LogP contribution in [0.25, 0.3) is 0 Å². The molecule has 0 aliphatic carbocycles. The van der Waals surface area contributed by atoms with Crippen molar-refractivity contribution in [1.29, 1.82) is 0 Å². The molecule has 0 unspecified atom stereocenters. The molecule has 0 aromatic heterocycles. The number of ketones is 1. The Labute approximate surface area is 147 Å². The second-order valence-corrected chi connectivity index (χ2v) is 5.79. The summed E-state index contributed by atoms with van der Waals surface area (Å²) in [6.45, 7) is 3.97. The van der Waals surface area contributed by atoms with E-state index in [0.29, 0.717) is 17.7 Å². The van der Waals surface area contributed by atoms with E-state index in [0.717, 1.165) is 5.56 Å². The predicted octanol–water partition coefficient (Wildman–Crippen LogP) is 4.51. The van der Waals surface area contributed by atoms with Crippen molar-refractivity contribution in [3.8, 4) is 0 Å². The Bertz CT molecular complexity index is 808. The summed E-state index contributed by atoms with van der Waals surface area (Å²) in [6.07, 6.45) is 0.246. The van der Waals surface area contributed by atoms with Gasteiger partial charge in [-0.25, -0.2) is 4.79 Å². The van der Waals surface area contributed by atoms with Gasteiger partial charge in [-0.1, -0.05) is 67.2 Å². The first kappa shape index (κ1) is 16.7. The lowest BCUT2D eigenvalue weighted by molar-refractivity contribution is 0.0979. The van der Waals surface area contributed by atoms with Crippen LogP contribution in [0.5, 0.6) is 0 Å². The molecule has 25 heavy (non-hydrogen) atoms. The summed E-state index contributed by atoms with van der Waals surface area (Å²) in [5.74, 6) is 0.0252. The van der Waals surface area contributed by atoms with E-state index >= 15 is 0 Å². The first-order valence-electron chi connectivity index (χ1n) is 8.19. The Morgan fingerprint density at radius 3 is 2.36 bits per heavy atom. The highest BCUT2D eigenvalue weighted by Crippen LogP contribution is 2.32. The van der Waals surface area contributed by atoms with Gasteiger partial charge in [0.25, 0.3) is 0 Å². The van der Waals surface area contributed by atoms with Crippen LogP contribution in [0.1, 0.15) is 34.8 Å². The fourth-order valence-electron chi connectivity index (χ4n) is 2.93. The molecule has 0 radical (unpaired) electrons. The van der Waals surface area contributed by atoms with Gasteiger partial charge in [-0.15, -0.1) is 5.73 Å². The largest absolute Gasteiger partial charge is 0.447 e. The average molecular weight is 333 g/mol. The molecule has 0 saturated carbocycles. The maximum atomic E-state index is 12.3. The minimum atomic E-state index is -0.424. The van der Waals surface area contributed by atoms with E-state index in [9.17, 15) is 9.59 Å². The topological polar surface area (TPSA) is 46.6 Å². The number of carbonyl (C=O) groups excluding carboxylic acids is 2. The van der Waals surface area contributed by atoms with Crippen molar-refractivity contribution in [2.45, 2.75) is 18.9 Å². The van der Waals surface area contributed by atoms with Gasteiger partial charge >= 0.3 is 6.09 Å². The fraction of sp³-hybridized carbons (Fsp3) is 0.190. The SMILES string of the molecule is C=C=C(CCC(=O)c1ccccc1)N1C(=O)OC[C@H]1c1ccccc1. The summed E-state index contributed by atoms with van der Waals surface area (Å²) >= 11 is 0. The van der Waals surface area contributed by atoms with Gasteiger partial charge in [0.2, 0.25) is 0 Å². The summed E-state index contributed by atoms with van der Waals surface area (Å²) in [4.78, 5) is 26.1. The Morgan fingerprint density at radius 1 is 1.08 bits per heavy atom. The molecule has 0 spiro atoms. The lowest BCUT2D eigenvalue weighted by Crippen LogP contribution is -2.27. The molecule has 4 nitrogen and oxygen atoms in total. The maximum Gasteiger partial charge on any atom is 0.415 e. The molecular formula is C21H19NO3. The maximum absolute atomic E-state index is 12.3. The van der Waals surface area contributed by atoms with Gasteiger partial charge in [-0.3, -0.25) is 9.69 Å². The molecule has 2 aromatic rings. The number of cyclic esters (lactones) is 1. The number of ether oxygens (including phenoxy) is 1. The average Bonchev–Trinajstić information content (AvgIpc) is 3.05. The Balaban J connectivity index is 1.74. The first-order valence-corrected chi connectivity index (χ1v) is 8.19. The number of hydrogen-bond donors (Lipinski definition) is 0. The first-order chi connectivity index (χ1) is 12.2. The number of hydrogen-bond acceptors (Lipinski definition) is 3. The minimum Gasteiger partial charge on any atom is -0.447 e. The van der Waals surface area contributed by atoms with Crippen LogP contribution in [0, 0.1) is 0 Å². The van der Waals surface area contributed by atoms with Crippen LogP contribution >= 0.6 is 0 Å². The Morgan fingerprint density at radius 2 is 1.72 bits per heavy atom. The number of allylic oxidation sites excluding steroid dienone is 1. The van der Waals surface area contributed by atoms with Crippen molar-refractivity contribution < 1.29 is 14.3 Å². The van der Waals surface area contributed by atoms with Crippen molar-refractivity contribution in [3.05, 3.63) is 89.8 Å². The van der Waals surface area contributed by atoms with E-state index in [1.807, 2.05) is 48.5 Å². The third kappa shape index (κ3) is 3.70. The molecule has 4 heteroatoms. The zero-order chi connectivity index (χ0) is 17.6. The van der Waals surface area contributed by atoms with Gasteiger partial charge in [-0.2, -0.15) is 0 Å². The summed E-state index contributed by atoms with van der Waals surface area (Å²) in [5.41, 5.74) is 5.05. The second kappa shape index (κ2) is 7.65. The van der Waals surface area contributed by atoms with Crippen molar-refractivity contribution in [2.75, 3.05) is 6.61 Å². The second-order valence-electron chi connectivity index (χ2n) is 5.79. The highest BCUT2D eigenvalue weighted by molar-refractivity contribution is 5.96. The van der Waals surface area contributed by atoms with Crippen molar-refractivity contribution in [2.24, 2.45) is 0 Å². The monoisotopic (exact) mass is 333 g/mol. The predicted molar refractivity (Wildman–Crippen MR) is 95.0 cm³/mol. The molecule has 1 aliphatic rings. The lowest BCUT2D eigenvalue weighted by atomic mass is 10.0. The van der Waals surface area contributed by atoms with E-state index in [1.165, 1.54) is 0 Å². The van der Waals surface area contributed by atoms with Crippen molar-refractivity contribution in [1.82, 2.24) is 4.90 Å². The van der Waals surface area contributed by atoms with Crippen molar-refractivity contribution >= 4 is 11.9 Å². The molecule has 1 saturated heterocycles. The van der Waals surface area contributed by atoms with Crippen LogP contribution in [0.3, 0.4) is 0 Å². The van der Waals surface area contributed by atoms with Crippen LogP contribution < -0.4 is 0 Å². The van der Waals surface area contributed by atoms with Crippen molar-refractivity contribution in [3.63, 3.8) is 0 Å². The molecule has 0 N–H and O–H groups in total. The van der Waals surface area contributed by atoms with Gasteiger partial charge in [0.1, 0.15) is 6.61 Å². The fourth-order valence-corrected chi connectivity index (χ4v) is 2.93. The summed E-state index contributed by atoms with van der Waals surface area (Å²) < 4.78 is 5.22. The summed E-state index contributed by atoms with van der Waals surface area (Å²) in [7, 11) is 0. The minimum absolute atomic E-state index is 0.0252. The zero-order valence-electron chi connectivity index (χ0n) is 13.9. The number of benzene rings is 2. The van der Waals surface area contributed by atoms with Gasteiger partial charge in [-0.05, 0) is 5.56 Å².